The van der Waals surface area contributed by atoms with E-state index in [9.17, 15) is 4.39 Å². The van der Waals surface area contributed by atoms with Crippen LogP contribution in [0.15, 0.2) is 0 Å². The van der Waals surface area contributed by atoms with Crippen molar-refractivity contribution in [1.82, 2.24) is 0 Å². The van der Waals surface area contributed by atoms with Crippen molar-refractivity contribution in [1.29, 1.82) is 0 Å². The zero-order valence-electron chi connectivity index (χ0n) is 7.65. The Kier molecular flexibility index (Phi) is 1.24. The van der Waals surface area contributed by atoms with Gasteiger partial charge in [-0.15, -0.1) is 0 Å². The Morgan fingerprint density at radius 1 is 1.36 bits per heavy atom. The smallest absolute Gasteiger partial charge is 0.109 e. The van der Waals surface area contributed by atoms with Crippen LogP contribution < -0.4 is 0 Å². The first-order valence-corrected chi connectivity index (χ1v) is 4.65. The zero-order valence-corrected chi connectivity index (χ0v) is 7.65. The summed E-state index contributed by atoms with van der Waals surface area (Å²) in [5.74, 6) is 1.41. The molecule has 0 heterocycles. The molecule has 11 heavy (non-hydrogen) atoms. The summed E-state index contributed by atoms with van der Waals surface area (Å²) in [6.07, 6.45) is 2.94. The highest BCUT2D eigenvalue weighted by Crippen LogP contribution is 2.70. The fraction of sp³-hybridized carbons (Fsp3) is 1.00. The normalized spacial score (nSPS) is 54.8. The topological polar surface area (TPSA) is 0 Å². The Hall–Kier alpha value is -0.0700. The number of halogens is 1. The molecule has 2 aliphatic carbocycles. The molecule has 0 amide bonds. The lowest BCUT2D eigenvalue weighted by molar-refractivity contribution is 0.154. The van der Waals surface area contributed by atoms with Crippen LogP contribution in [0.4, 0.5) is 4.39 Å². The molecular formula is C10H17F. The molecule has 1 heteroatoms. The summed E-state index contributed by atoms with van der Waals surface area (Å²) in [7, 11) is 0. The van der Waals surface area contributed by atoms with E-state index in [1.54, 1.807) is 6.92 Å². The van der Waals surface area contributed by atoms with Gasteiger partial charge < -0.3 is 0 Å². The summed E-state index contributed by atoms with van der Waals surface area (Å²) in [6, 6.07) is 0. The SMILES string of the molecule is CC(C)[C@@]12C[C@H]1CC(C)(F)C2. The van der Waals surface area contributed by atoms with Crippen LogP contribution in [0.2, 0.25) is 0 Å². The summed E-state index contributed by atoms with van der Waals surface area (Å²) in [5, 5.41) is 0. The van der Waals surface area contributed by atoms with Crippen LogP contribution in [0.3, 0.4) is 0 Å². The third-order valence-corrected chi connectivity index (χ3v) is 3.80. The Morgan fingerprint density at radius 3 is 2.27 bits per heavy atom. The van der Waals surface area contributed by atoms with Gasteiger partial charge in [-0.2, -0.15) is 0 Å². The molecule has 64 valence electrons. The van der Waals surface area contributed by atoms with Crippen molar-refractivity contribution < 1.29 is 4.39 Å². The fourth-order valence-electron chi connectivity index (χ4n) is 3.08. The highest BCUT2D eigenvalue weighted by atomic mass is 19.1. The van der Waals surface area contributed by atoms with Gasteiger partial charge in [0.15, 0.2) is 0 Å². The monoisotopic (exact) mass is 156 g/mol. The quantitative estimate of drug-likeness (QED) is 0.547. The molecule has 0 saturated heterocycles. The van der Waals surface area contributed by atoms with E-state index in [1.165, 1.54) is 6.42 Å². The van der Waals surface area contributed by atoms with Crippen LogP contribution in [0.5, 0.6) is 0 Å². The van der Waals surface area contributed by atoms with E-state index in [0.717, 1.165) is 18.8 Å². The van der Waals surface area contributed by atoms with Crippen LogP contribution in [-0.4, -0.2) is 5.67 Å². The molecule has 1 unspecified atom stereocenters. The second-order valence-electron chi connectivity index (χ2n) is 5.08. The maximum Gasteiger partial charge on any atom is 0.109 e. The van der Waals surface area contributed by atoms with E-state index in [1.807, 2.05) is 0 Å². The Balaban J connectivity index is 2.13. The van der Waals surface area contributed by atoms with Gasteiger partial charge in [0.1, 0.15) is 5.67 Å². The molecule has 0 radical (unpaired) electrons. The van der Waals surface area contributed by atoms with Gasteiger partial charge in [0, 0.05) is 0 Å². The van der Waals surface area contributed by atoms with Gasteiger partial charge in [-0.05, 0) is 43.4 Å². The molecule has 2 rings (SSSR count). The van der Waals surface area contributed by atoms with E-state index >= 15 is 0 Å². The first-order chi connectivity index (χ1) is 4.96. The maximum absolute atomic E-state index is 13.5. The molecular weight excluding hydrogens is 139 g/mol. The molecule has 0 N–H and O–H groups in total. The van der Waals surface area contributed by atoms with Gasteiger partial charge in [0.25, 0.3) is 0 Å². The summed E-state index contributed by atoms with van der Waals surface area (Å²) >= 11 is 0. The number of alkyl halides is 1. The molecule has 2 fully saturated rings. The molecule has 0 spiro atoms. The van der Waals surface area contributed by atoms with E-state index in [2.05, 4.69) is 13.8 Å². The fourth-order valence-corrected chi connectivity index (χ4v) is 3.08. The Bertz CT molecular complexity index is 183. The van der Waals surface area contributed by atoms with Crippen molar-refractivity contribution in [2.24, 2.45) is 17.3 Å². The van der Waals surface area contributed by atoms with Gasteiger partial charge in [0.2, 0.25) is 0 Å². The largest absolute Gasteiger partial charge is 0.244 e. The summed E-state index contributed by atoms with van der Waals surface area (Å²) < 4.78 is 13.5. The molecule has 0 bridgehead atoms. The molecule has 0 nitrogen and oxygen atoms in total. The maximum atomic E-state index is 13.5. The second kappa shape index (κ2) is 1.81. The minimum atomic E-state index is -0.840. The van der Waals surface area contributed by atoms with Crippen molar-refractivity contribution in [3.8, 4) is 0 Å². The summed E-state index contributed by atoms with van der Waals surface area (Å²) in [4.78, 5) is 0. The highest BCUT2D eigenvalue weighted by molar-refractivity contribution is 5.14. The van der Waals surface area contributed by atoms with Crippen molar-refractivity contribution in [2.45, 2.75) is 45.7 Å². The molecule has 0 aromatic heterocycles. The predicted molar refractivity (Wildman–Crippen MR) is 44.1 cm³/mol. The van der Waals surface area contributed by atoms with Crippen LogP contribution in [0, 0.1) is 17.3 Å². The molecule has 0 aromatic rings. The summed E-state index contributed by atoms with van der Waals surface area (Å²) in [5.41, 5.74) is -0.420. The Labute approximate surface area is 68.2 Å². The van der Waals surface area contributed by atoms with Crippen molar-refractivity contribution >= 4 is 0 Å². The van der Waals surface area contributed by atoms with Gasteiger partial charge in [-0.25, -0.2) is 4.39 Å². The molecule has 2 aliphatic rings. The van der Waals surface area contributed by atoms with E-state index in [-0.39, 0.29) is 0 Å². The van der Waals surface area contributed by atoms with E-state index in [4.69, 9.17) is 0 Å². The lowest BCUT2D eigenvalue weighted by atomic mass is 9.87. The number of fused-ring (bicyclic) bond motifs is 1. The standard InChI is InChI=1S/C10H17F/c1-7(2)10-5-8(10)4-9(3,11)6-10/h7-8H,4-6H2,1-3H3/t8-,9?,10+/m1/s1. The van der Waals surface area contributed by atoms with Crippen molar-refractivity contribution in [3.05, 3.63) is 0 Å². The lowest BCUT2D eigenvalue weighted by Gasteiger charge is -2.21. The molecule has 0 aliphatic heterocycles. The first-order valence-electron chi connectivity index (χ1n) is 4.65. The number of rotatable bonds is 1. The van der Waals surface area contributed by atoms with Crippen molar-refractivity contribution in [2.75, 3.05) is 0 Å². The van der Waals surface area contributed by atoms with Crippen LogP contribution in [0.25, 0.3) is 0 Å². The van der Waals surface area contributed by atoms with Gasteiger partial charge in [-0.3, -0.25) is 0 Å². The van der Waals surface area contributed by atoms with E-state index < -0.39 is 5.67 Å². The highest BCUT2D eigenvalue weighted by Gasteiger charge is 2.65. The average Bonchev–Trinajstić information content (AvgIpc) is 2.35. The first kappa shape index (κ1) is 7.57. The number of hydrogen-bond donors (Lipinski definition) is 0. The van der Waals surface area contributed by atoms with E-state index in [0.29, 0.717) is 11.3 Å². The molecule has 2 saturated carbocycles. The lowest BCUT2D eigenvalue weighted by Crippen LogP contribution is -2.19. The van der Waals surface area contributed by atoms with Crippen molar-refractivity contribution in [3.63, 3.8) is 0 Å². The van der Waals surface area contributed by atoms with Crippen LogP contribution in [-0.2, 0) is 0 Å². The minimum Gasteiger partial charge on any atom is -0.244 e. The van der Waals surface area contributed by atoms with Crippen LogP contribution in [0.1, 0.15) is 40.0 Å². The molecule has 0 aromatic carbocycles. The van der Waals surface area contributed by atoms with Gasteiger partial charge >= 0.3 is 0 Å². The van der Waals surface area contributed by atoms with Gasteiger partial charge in [0.05, 0.1) is 0 Å². The minimum absolute atomic E-state index is 0.420. The average molecular weight is 156 g/mol. The second-order valence-corrected chi connectivity index (χ2v) is 5.08. The number of hydrogen-bond acceptors (Lipinski definition) is 0. The summed E-state index contributed by atoms with van der Waals surface area (Å²) in [6.45, 7) is 6.24. The van der Waals surface area contributed by atoms with Gasteiger partial charge in [-0.1, -0.05) is 13.8 Å². The predicted octanol–water partition coefficient (Wildman–Crippen LogP) is 3.17. The Morgan fingerprint density at radius 2 is 2.00 bits per heavy atom. The molecule has 3 atom stereocenters. The third-order valence-electron chi connectivity index (χ3n) is 3.80. The van der Waals surface area contributed by atoms with Crippen LogP contribution >= 0.6 is 0 Å². The third kappa shape index (κ3) is 0.929. The zero-order chi connectivity index (χ0) is 8.28.